The van der Waals surface area contributed by atoms with E-state index in [9.17, 15) is 8.78 Å². The molecule has 0 amide bonds. The third kappa shape index (κ3) is 7.40. The van der Waals surface area contributed by atoms with E-state index in [4.69, 9.17) is 0 Å². The molecule has 0 aromatic carbocycles. The van der Waals surface area contributed by atoms with Crippen molar-refractivity contribution in [1.29, 1.82) is 0 Å². The SMILES string of the molecule is CCCCOC=C(F)F. The Kier molecular flexibility index (Phi) is 5.17. The Hall–Kier alpha value is -0.600. The zero-order valence-corrected chi connectivity index (χ0v) is 5.36. The van der Waals surface area contributed by atoms with Gasteiger partial charge in [-0.25, -0.2) is 0 Å². The van der Waals surface area contributed by atoms with E-state index in [1.54, 1.807) is 0 Å². The maximum atomic E-state index is 11.2. The van der Waals surface area contributed by atoms with Gasteiger partial charge < -0.3 is 4.74 Å². The summed E-state index contributed by atoms with van der Waals surface area (Å²) in [4.78, 5) is 0. The lowest BCUT2D eigenvalue weighted by molar-refractivity contribution is 0.220. The minimum atomic E-state index is -1.77. The summed E-state index contributed by atoms with van der Waals surface area (Å²) in [6.45, 7) is 2.35. The minimum absolute atomic E-state index is 0.383. The molecule has 0 bridgehead atoms. The molecule has 0 aromatic rings. The molecule has 0 saturated heterocycles. The third-order valence-corrected chi connectivity index (χ3v) is 0.788. The Morgan fingerprint density at radius 1 is 1.56 bits per heavy atom. The van der Waals surface area contributed by atoms with Crippen LogP contribution in [0.3, 0.4) is 0 Å². The fourth-order valence-electron chi connectivity index (χ4n) is 0.350. The first kappa shape index (κ1) is 8.40. The van der Waals surface area contributed by atoms with Gasteiger partial charge in [-0.05, 0) is 6.42 Å². The van der Waals surface area contributed by atoms with Gasteiger partial charge in [-0.3, -0.25) is 0 Å². The Bertz CT molecular complexity index is 87.1. The van der Waals surface area contributed by atoms with Crippen LogP contribution in [0.2, 0.25) is 0 Å². The molecular formula is C6H10F2O. The van der Waals surface area contributed by atoms with Gasteiger partial charge in [0.05, 0.1) is 6.61 Å². The van der Waals surface area contributed by atoms with Crippen LogP contribution >= 0.6 is 0 Å². The molecule has 0 heterocycles. The first-order valence-electron chi connectivity index (χ1n) is 2.90. The summed E-state index contributed by atoms with van der Waals surface area (Å²) in [7, 11) is 0. The van der Waals surface area contributed by atoms with E-state index in [1.807, 2.05) is 6.92 Å². The van der Waals surface area contributed by atoms with Crippen molar-refractivity contribution in [3.63, 3.8) is 0 Å². The number of halogens is 2. The highest BCUT2D eigenvalue weighted by Crippen LogP contribution is 1.97. The smallest absolute Gasteiger partial charge is 0.304 e. The van der Waals surface area contributed by atoms with Crippen molar-refractivity contribution < 1.29 is 13.5 Å². The van der Waals surface area contributed by atoms with Gasteiger partial charge in [0.1, 0.15) is 6.26 Å². The lowest BCUT2D eigenvalue weighted by Crippen LogP contribution is -1.84. The van der Waals surface area contributed by atoms with Gasteiger partial charge in [0.2, 0.25) is 0 Å². The standard InChI is InChI=1S/C6H10F2O/c1-2-3-4-9-5-6(7)8/h5H,2-4H2,1H3. The summed E-state index contributed by atoms with van der Waals surface area (Å²) in [6, 6.07) is 0. The highest BCUT2D eigenvalue weighted by atomic mass is 19.3. The molecule has 0 N–H and O–H groups in total. The normalized spacial score (nSPS) is 8.78. The van der Waals surface area contributed by atoms with Crippen LogP contribution in [0, 0.1) is 0 Å². The summed E-state index contributed by atoms with van der Waals surface area (Å²) in [5.41, 5.74) is 0. The van der Waals surface area contributed by atoms with Crippen molar-refractivity contribution in [3.05, 3.63) is 12.3 Å². The van der Waals surface area contributed by atoms with Gasteiger partial charge in [0.25, 0.3) is 0 Å². The zero-order chi connectivity index (χ0) is 7.11. The summed E-state index contributed by atoms with van der Waals surface area (Å²) in [5.74, 6) is 0. The van der Waals surface area contributed by atoms with Crippen LogP contribution < -0.4 is 0 Å². The van der Waals surface area contributed by atoms with Gasteiger partial charge in [-0.2, -0.15) is 8.78 Å². The molecule has 0 spiro atoms. The first-order chi connectivity index (χ1) is 4.27. The lowest BCUT2D eigenvalue weighted by atomic mass is 10.4. The van der Waals surface area contributed by atoms with Crippen LogP contribution in [0.15, 0.2) is 12.3 Å². The van der Waals surface area contributed by atoms with E-state index in [0.717, 1.165) is 12.8 Å². The molecule has 0 aromatic heterocycles. The van der Waals surface area contributed by atoms with Crippen molar-refractivity contribution >= 4 is 0 Å². The van der Waals surface area contributed by atoms with Crippen LogP contribution in [-0.2, 0) is 4.74 Å². The summed E-state index contributed by atoms with van der Waals surface area (Å²) in [6.07, 6.45) is 0.493. The molecule has 0 rings (SSSR count). The van der Waals surface area contributed by atoms with Crippen molar-refractivity contribution in [2.24, 2.45) is 0 Å². The largest absolute Gasteiger partial charge is 0.496 e. The minimum Gasteiger partial charge on any atom is -0.496 e. The van der Waals surface area contributed by atoms with E-state index in [1.165, 1.54) is 0 Å². The van der Waals surface area contributed by atoms with E-state index in [-0.39, 0.29) is 0 Å². The van der Waals surface area contributed by atoms with Crippen molar-refractivity contribution in [2.75, 3.05) is 6.61 Å². The number of ether oxygens (including phenoxy) is 1. The Labute approximate surface area is 53.3 Å². The molecular weight excluding hydrogens is 126 g/mol. The van der Waals surface area contributed by atoms with Gasteiger partial charge in [-0.1, -0.05) is 13.3 Å². The van der Waals surface area contributed by atoms with E-state index >= 15 is 0 Å². The van der Waals surface area contributed by atoms with Crippen molar-refractivity contribution in [2.45, 2.75) is 19.8 Å². The molecule has 0 aliphatic heterocycles. The molecule has 54 valence electrons. The fourth-order valence-corrected chi connectivity index (χ4v) is 0.350. The maximum absolute atomic E-state index is 11.2. The average molecular weight is 136 g/mol. The van der Waals surface area contributed by atoms with Crippen LogP contribution in [-0.4, -0.2) is 6.61 Å². The summed E-state index contributed by atoms with van der Waals surface area (Å²) < 4.78 is 26.8. The predicted molar refractivity (Wildman–Crippen MR) is 31.2 cm³/mol. The van der Waals surface area contributed by atoms with Crippen molar-refractivity contribution in [3.8, 4) is 0 Å². The predicted octanol–water partition coefficient (Wildman–Crippen LogP) is 2.54. The molecule has 0 atom stereocenters. The van der Waals surface area contributed by atoms with Crippen LogP contribution in [0.4, 0.5) is 8.78 Å². The Balaban J connectivity index is 3.00. The molecule has 9 heavy (non-hydrogen) atoms. The molecule has 0 fully saturated rings. The van der Waals surface area contributed by atoms with Crippen LogP contribution in [0.1, 0.15) is 19.8 Å². The van der Waals surface area contributed by atoms with E-state index in [2.05, 4.69) is 4.74 Å². The summed E-state index contributed by atoms with van der Waals surface area (Å²) >= 11 is 0. The second-order valence-electron chi connectivity index (χ2n) is 1.63. The quantitative estimate of drug-likeness (QED) is 0.426. The molecule has 0 unspecified atom stereocenters. The highest BCUT2D eigenvalue weighted by Gasteiger charge is 1.86. The summed E-state index contributed by atoms with van der Waals surface area (Å²) in [5, 5.41) is 0. The molecule has 3 heteroatoms. The molecule has 0 aliphatic rings. The van der Waals surface area contributed by atoms with Crippen LogP contribution in [0.5, 0.6) is 0 Å². The van der Waals surface area contributed by atoms with Crippen molar-refractivity contribution in [1.82, 2.24) is 0 Å². The fraction of sp³-hybridized carbons (Fsp3) is 0.667. The number of rotatable bonds is 4. The lowest BCUT2D eigenvalue weighted by Gasteiger charge is -1.94. The van der Waals surface area contributed by atoms with Gasteiger partial charge in [-0.15, -0.1) is 0 Å². The number of unbranched alkanes of at least 4 members (excludes halogenated alkanes) is 1. The van der Waals surface area contributed by atoms with Gasteiger partial charge in [0, 0.05) is 0 Å². The van der Waals surface area contributed by atoms with E-state index < -0.39 is 6.08 Å². The molecule has 0 radical (unpaired) electrons. The monoisotopic (exact) mass is 136 g/mol. The second-order valence-corrected chi connectivity index (χ2v) is 1.63. The second kappa shape index (κ2) is 5.54. The zero-order valence-electron chi connectivity index (χ0n) is 5.36. The Morgan fingerprint density at radius 2 is 2.22 bits per heavy atom. The molecule has 0 saturated carbocycles. The van der Waals surface area contributed by atoms with E-state index in [0.29, 0.717) is 12.9 Å². The first-order valence-corrected chi connectivity index (χ1v) is 2.90. The third-order valence-electron chi connectivity index (χ3n) is 0.788. The Morgan fingerprint density at radius 3 is 2.67 bits per heavy atom. The highest BCUT2D eigenvalue weighted by molar-refractivity contribution is 4.69. The topological polar surface area (TPSA) is 9.23 Å². The van der Waals surface area contributed by atoms with Gasteiger partial charge >= 0.3 is 6.08 Å². The molecule has 0 aliphatic carbocycles. The average Bonchev–Trinajstić information content (AvgIpc) is 1.80. The van der Waals surface area contributed by atoms with Gasteiger partial charge in [0.15, 0.2) is 0 Å². The molecule has 1 nitrogen and oxygen atoms in total. The number of hydrogen-bond donors (Lipinski definition) is 0. The maximum Gasteiger partial charge on any atom is 0.304 e. The van der Waals surface area contributed by atoms with Crippen LogP contribution in [0.25, 0.3) is 0 Å². The number of hydrogen-bond acceptors (Lipinski definition) is 1.